The number of nitrogens with zero attached hydrogens (tertiary/aromatic N) is 2. The van der Waals surface area contributed by atoms with Crippen LogP contribution >= 0.6 is 0 Å². The van der Waals surface area contributed by atoms with Crippen LogP contribution in [-0.4, -0.2) is 22.9 Å². The number of fused-ring (bicyclic) bond motifs is 1. The second-order valence-corrected chi connectivity index (χ2v) is 5.48. The standard InChI is InChI=1S/C18H15N3O3/c1-2-14-16(20-21-18(22)24-14)12-8-9-13-15(10-12)23-17(19-13)11-6-4-3-5-7-11/h3-10,14H,2H2,1H3,(H,21,22)/t14-/m1/s1. The first-order valence-corrected chi connectivity index (χ1v) is 7.75. The number of rotatable bonds is 3. The van der Waals surface area contributed by atoms with Gasteiger partial charge in [0.25, 0.3) is 0 Å². The van der Waals surface area contributed by atoms with Gasteiger partial charge in [-0.2, -0.15) is 5.10 Å². The molecule has 0 spiro atoms. The summed E-state index contributed by atoms with van der Waals surface area (Å²) in [5.41, 5.74) is 6.23. The van der Waals surface area contributed by atoms with Gasteiger partial charge in [-0.05, 0) is 30.7 Å². The van der Waals surface area contributed by atoms with Crippen molar-refractivity contribution >= 4 is 22.9 Å². The number of carbonyl (C=O) groups excluding carboxylic acids is 1. The molecule has 0 fully saturated rings. The molecule has 0 aliphatic carbocycles. The Morgan fingerprint density at radius 1 is 1.12 bits per heavy atom. The minimum atomic E-state index is -0.530. The fourth-order valence-corrected chi connectivity index (χ4v) is 2.70. The van der Waals surface area contributed by atoms with E-state index < -0.39 is 6.09 Å². The molecule has 2 aromatic carbocycles. The van der Waals surface area contributed by atoms with E-state index in [1.165, 1.54) is 0 Å². The molecule has 0 saturated heterocycles. The number of carbonyl (C=O) groups is 1. The highest BCUT2D eigenvalue weighted by atomic mass is 16.6. The van der Waals surface area contributed by atoms with E-state index in [0.29, 0.717) is 23.6 Å². The normalized spacial score (nSPS) is 17.3. The molecule has 24 heavy (non-hydrogen) atoms. The van der Waals surface area contributed by atoms with Crippen LogP contribution in [-0.2, 0) is 4.74 Å². The van der Waals surface area contributed by atoms with Gasteiger partial charge in [-0.25, -0.2) is 15.2 Å². The lowest BCUT2D eigenvalue weighted by atomic mass is 10.0. The molecular formula is C18H15N3O3. The number of hydrogen-bond acceptors (Lipinski definition) is 5. The van der Waals surface area contributed by atoms with Crippen LogP contribution in [0.5, 0.6) is 0 Å². The van der Waals surface area contributed by atoms with Gasteiger partial charge in [0.1, 0.15) is 17.3 Å². The molecule has 6 heteroatoms. The SMILES string of the molecule is CC[C@H]1OC(=O)NN=C1c1ccc2nc(-c3ccccc3)oc2c1. The van der Waals surface area contributed by atoms with Crippen LogP contribution in [0.3, 0.4) is 0 Å². The van der Waals surface area contributed by atoms with Gasteiger partial charge in [0, 0.05) is 11.1 Å². The molecule has 4 rings (SSSR count). The van der Waals surface area contributed by atoms with Crippen molar-refractivity contribution in [3.8, 4) is 11.5 Å². The van der Waals surface area contributed by atoms with Gasteiger partial charge >= 0.3 is 6.09 Å². The third-order valence-corrected chi connectivity index (χ3v) is 3.90. The third kappa shape index (κ3) is 2.52. The topological polar surface area (TPSA) is 76.7 Å². The molecule has 0 radical (unpaired) electrons. The molecule has 1 atom stereocenters. The smallest absolute Gasteiger partial charge is 0.428 e. The minimum absolute atomic E-state index is 0.368. The highest BCUT2D eigenvalue weighted by molar-refractivity contribution is 6.07. The Labute approximate surface area is 138 Å². The van der Waals surface area contributed by atoms with Gasteiger partial charge in [0.15, 0.2) is 5.58 Å². The molecule has 1 aliphatic rings. The lowest BCUT2D eigenvalue weighted by Crippen LogP contribution is -2.38. The van der Waals surface area contributed by atoms with Crippen LogP contribution in [0, 0.1) is 0 Å². The summed E-state index contributed by atoms with van der Waals surface area (Å²) in [6.07, 6.45) is -0.249. The van der Waals surface area contributed by atoms with E-state index in [-0.39, 0.29) is 6.10 Å². The van der Waals surface area contributed by atoms with Crippen LogP contribution < -0.4 is 5.43 Å². The summed E-state index contributed by atoms with van der Waals surface area (Å²) in [7, 11) is 0. The fraction of sp³-hybridized carbons (Fsp3) is 0.167. The van der Waals surface area contributed by atoms with Crippen molar-refractivity contribution in [2.75, 3.05) is 0 Å². The summed E-state index contributed by atoms with van der Waals surface area (Å²) >= 11 is 0. The zero-order valence-electron chi connectivity index (χ0n) is 13.0. The maximum Gasteiger partial charge on any atom is 0.428 e. The Hall–Kier alpha value is -3.15. The van der Waals surface area contributed by atoms with Gasteiger partial charge in [-0.3, -0.25) is 0 Å². The average molecular weight is 321 g/mol. The van der Waals surface area contributed by atoms with Crippen molar-refractivity contribution in [3.63, 3.8) is 0 Å². The lowest BCUT2D eigenvalue weighted by Gasteiger charge is -2.22. The van der Waals surface area contributed by atoms with Crippen molar-refractivity contribution in [1.82, 2.24) is 10.4 Å². The highest BCUT2D eigenvalue weighted by Gasteiger charge is 2.25. The molecule has 3 aromatic rings. The highest BCUT2D eigenvalue weighted by Crippen LogP contribution is 2.26. The summed E-state index contributed by atoms with van der Waals surface area (Å²) in [5, 5.41) is 4.13. The van der Waals surface area contributed by atoms with E-state index in [1.54, 1.807) is 0 Å². The molecule has 1 aliphatic heterocycles. The van der Waals surface area contributed by atoms with E-state index in [9.17, 15) is 4.79 Å². The quantitative estimate of drug-likeness (QED) is 0.797. The molecule has 120 valence electrons. The molecular weight excluding hydrogens is 306 g/mol. The van der Waals surface area contributed by atoms with E-state index in [0.717, 1.165) is 16.6 Å². The maximum absolute atomic E-state index is 11.3. The zero-order chi connectivity index (χ0) is 16.5. The number of cyclic esters (lactones) is 1. The Morgan fingerprint density at radius 2 is 1.96 bits per heavy atom. The number of benzene rings is 2. The Morgan fingerprint density at radius 3 is 2.75 bits per heavy atom. The monoisotopic (exact) mass is 321 g/mol. The largest absolute Gasteiger partial charge is 0.438 e. The van der Waals surface area contributed by atoms with Gasteiger partial charge in [-0.15, -0.1) is 0 Å². The predicted octanol–water partition coefficient (Wildman–Crippen LogP) is 3.72. The van der Waals surface area contributed by atoms with Gasteiger partial charge < -0.3 is 9.15 Å². The lowest BCUT2D eigenvalue weighted by molar-refractivity contribution is 0.119. The first-order chi connectivity index (χ1) is 11.7. The Balaban J connectivity index is 1.75. The van der Waals surface area contributed by atoms with Crippen molar-refractivity contribution in [2.45, 2.75) is 19.4 Å². The summed E-state index contributed by atoms with van der Waals surface area (Å²) in [5.74, 6) is 0.574. The number of hydrogen-bond donors (Lipinski definition) is 1. The molecule has 0 unspecified atom stereocenters. The van der Waals surface area contributed by atoms with Crippen molar-refractivity contribution < 1.29 is 13.9 Å². The number of aromatic nitrogens is 1. The number of nitrogens with one attached hydrogen (secondary N) is 1. The van der Waals surface area contributed by atoms with E-state index in [2.05, 4.69) is 15.5 Å². The summed E-state index contributed by atoms with van der Waals surface area (Å²) in [4.78, 5) is 15.8. The first-order valence-electron chi connectivity index (χ1n) is 7.75. The van der Waals surface area contributed by atoms with Gasteiger partial charge in [0.2, 0.25) is 5.89 Å². The molecule has 6 nitrogen and oxygen atoms in total. The number of oxazole rings is 1. The molecule has 2 heterocycles. The zero-order valence-corrected chi connectivity index (χ0v) is 13.0. The van der Waals surface area contributed by atoms with Crippen LogP contribution in [0.2, 0.25) is 0 Å². The van der Waals surface area contributed by atoms with Gasteiger partial charge in [0.05, 0.1) is 0 Å². The van der Waals surface area contributed by atoms with Crippen LogP contribution in [0.1, 0.15) is 18.9 Å². The van der Waals surface area contributed by atoms with Crippen LogP contribution in [0.15, 0.2) is 58.0 Å². The maximum atomic E-state index is 11.3. The van der Waals surface area contributed by atoms with Crippen molar-refractivity contribution in [1.29, 1.82) is 0 Å². The average Bonchev–Trinajstić information content (AvgIpc) is 3.05. The summed E-state index contributed by atoms with van der Waals surface area (Å²) in [6, 6.07) is 15.4. The number of hydrazone groups is 1. The molecule has 1 amide bonds. The molecule has 0 saturated carbocycles. The van der Waals surface area contributed by atoms with E-state index >= 15 is 0 Å². The first kappa shape index (κ1) is 14.4. The van der Waals surface area contributed by atoms with Crippen LogP contribution in [0.4, 0.5) is 4.79 Å². The molecule has 1 N–H and O–H groups in total. The second kappa shape index (κ2) is 5.81. The minimum Gasteiger partial charge on any atom is -0.438 e. The van der Waals surface area contributed by atoms with Crippen molar-refractivity contribution in [3.05, 3.63) is 54.1 Å². The van der Waals surface area contributed by atoms with Crippen LogP contribution in [0.25, 0.3) is 22.6 Å². The molecule has 1 aromatic heterocycles. The number of amides is 1. The Kier molecular flexibility index (Phi) is 3.49. The summed E-state index contributed by atoms with van der Waals surface area (Å²) in [6.45, 7) is 1.94. The van der Waals surface area contributed by atoms with Crippen molar-refractivity contribution in [2.24, 2.45) is 5.10 Å². The Bertz CT molecular complexity index is 931. The molecule has 0 bridgehead atoms. The second-order valence-electron chi connectivity index (χ2n) is 5.48. The van der Waals surface area contributed by atoms with E-state index in [1.807, 2.05) is 55.5 Å². The number of ether oxygens (including phenoxy) is 1. The van der Waals surface area contributed by atoms with E-state index in [4.69, 9.17) is 9.15 Å². The van der Waals surface area contributed by atoms with Gasteiger partial charge in [-0.1, -0.05) is 31.2 Å². The third-order valence-electron chi connectivity index (χ3n) is 3.90. The summed E-state index contributed by atoms with van der Waals surface area (Å²) < 4.78 is 11.1. The fourth-order valence-electron chi connectivity index (χ4n) is 2.70. The predicted molar refractivity (Wildman–Crippen MR) is 89.7 cm³/mol.